The van der Waals surface area contributed by atoms with Gasteiger partial charge in [-0.25, -0.2) is 4.98 Å². The number of nitrogens with one attached hydrogen (secondary N) is 2. The summed E-state index contributed by atoms with van der Waals surface area (Å²) in [6, 6.07) is 10.3. The van der Waals surface area contributed by atoms with Crippen molar-refractivity contribution in [3.63, 3.8) is 0 Å². The van der Waals surface area contributed by atoms with E-state index in [2.05, 4.69) is 47.3 Å². The third-order valence-electron chi connectivity index (χ3n) is 3.63. The summed E-state index contributed by atoms with van der Waals surface area (Å²) in [7, 11) is 0. The van der Waals surface area contributed by atoms with Gasteiger partial charge in [0.2, 0.25) is 0 Å². The Morgan fingerprint density at radius 1 is 1.15 bits per heavy atom. The van der Waals surface area contributed by atoms with Crippen LogP contribution in [-0.2, 0) is 6.54 Å². The fraction of sp³-hybridized carbons (Fsp3) is 0.188. The van der Waals surface area contributed by atoms with Crippen molar-refractivity contribution in [1.82, 2.24) is 9.97 Å². The number of nitrogens with two attached hydrogens (primary N) is 1. The zero-order chi connectivity index (χ0) is 14.1. The summed E-state index contributed by atoms with van der Waals surface area (Å²) in [5, 5.41) is 3.39. The van der Waals surface area contributed by atoms with Crippen LogP contribution in [-0.4, -0.2) is 9.97 Å². The number of fused-ring (bicyclic) bond motifs is 1. The van der Waals surface area contributed by atoms with Crippen molar-refractivity contribution in [2.45, 2.75) is 20.4 Å². The molecule has 0 radical (unpaired) electrons. The normalized spacial score (nSPS) is 10.9. The van der Waals surface area contributed by atoms with E-state index in [-0.39, 0.29) is 0 Å². The predicted octanol–water partition coefficient (Wildman–Crippen LogP) is 3.37. The number of aryl methyl sites for hydroxylation is 2. The monoisotopic (exact) mass is 266 g/mol. The zero-order valence-electron chi connectivity index (χ0n) is 11.7. The average molecular weight is 266 g/mol. The molecule has 4 nitrogen and oxygen atoms in total. The molecule has 0 atom stereocenters. The Morgan fingerprint density at radius 3 is 2.80 bits per heavy atom. The molecule has 3 aromatic rings. The molecule has 1 heterocycles. The molecule has 0 saturated carbocycles. The van der Waals surface area contributed by atoms with E-state index < -0.39 is 0 Å². The van der Waals surface area contributed by atoms with Gasteiger partial charge in [-0.05, 0) is 54.8 Å². The molecule has 3 rings (SSSR count). The number of anilines is 2. The molecule has 102 valence electrons. The molecule has 0 bridgehead atoms. The highest BCUT2D eigenvalue weighted by Gasteiger charge is 2.03. The Kier molecular flexibility index (Phi) is 3.06. The Morgan fingerprint density at radius 2 is 1.95 bits per heavy atom. The summed E-state index contributed by atoms with van der Waals surface area (Å²) in [6.45, 7) is 4.90. The van der Waals surface area contributed by atoms with Crippen molar-refractivity contribution in [3.05, 3.63) is 53.3 Å². The first-order chi connectivity index (χ1) is 9.63. The number of imidazole rings is 1. The molecule has 0 unspecified atom stereocenters. The summed E-state index contributed by atoms with van der Waals surface area (Å²) in [4.78, 5) is 7.34. The number of H-pyrrole nitrogens is 1. The molecular weight excluding hydrogens is 248 g/mol. The molecule has 4 heteroatoms. The van der Waals surface area contributed by atoms with Crippen LogP contribution in [0.4, 0.5) is 11.4 Å². The number of rotatable bonds is 3. The third kappa shape index (κ3) is 2.32. The van der Waals surface area contributed by atoms with Crippen LogP contribution in [0.15, 0.2) is 36.7 Å². The minimum absolute atomic E-state index is 0.738. The summed E-state index contributed by atoms with van der Waals surface area (Å²) in [5.41, 5.74) is 13.5. The largest absolute Gasteiger partial charge is 0.397 e. The van der Waals surface area contributed by atoms with Crippen molar-refractivity contribution in [3.8, 4) is 0 Å². The lowest BCUT2D eigenvalue weighted by Gasteiger charge is -2.12. The van der Waals surface area contributed by atoms with Crippen LogP contribution in [0, 0.1) is 13.8 Å². The van der Waals surface area contributed by atoms with Gasteiger partial charge in [-0.1, -0.05) is 6.07 Å². The molecule has 1 aromatic heterocycles. The standard InChI is InChI=1S/C16H18N4/c1-10-5-13(17)15(6-11(10)2)18-8-12-3-4-14-16(7-12)20-9-19-14/h3-7,9,18H,8,17H2,1-2H3,(H,19,20). The van der Waals surface area contributed by atoms with Crippen LogP contribution in [0.25, 0.3) is 11.0 Å². The van der Waals surface area contributed by atoms with Gasteiger partial charge in [0.15, 0.2) is 0 Å². The highest BCUT2D eigenvalue weighted by atomic mass is 14.9. The Bertz CT molecular complexity index is 758. The third-order valence-corrected chi connectivity index (χ3v) is 3.63. The molecule has 2 aromatic carbocycles. The van der Waals surface area contributed by atoms with Crippen LogP contribution in [0.3, 0.4) is 0 Å². The summed E-state index contributed by atoms with van der Waals surface area (Å²) < 4.78 is 0. The van der Waals surface area contributed by atoms with Crippen LogP contribution in [0.5, 0.6) is 0 Å². The van der Waals surface area contributed by atoms with Crippen molar-refractivity contribution in [2.75, 3.05) is 11.1 Å². The molecule has 0 aliphatic rings. The number of hydrogen-bond donors (Lipinski definition) is 3. The highest BCUT2D eigenvalue weighted by molar-refractivity contribution is 5.75. The average Bonchev–Trinajstić information content (AvgIpc) is 2.89. The summed E-state index contributed by atoms with van der Waals surface area (Å²) in [5.74, 6) is 0. The first-order valence-electron chi connectivity index (χ1n) is 6.66. The van der Waals surface area contributed by atoms with Gasteiger partial charge in [0, 0.05) is 6.54 Å². The topological polar surface area (TPSA) is 66.7 Å². The summed E-state index contributed by atoms with van der Waals surface area (Å²) >= 11 is 0. The van der Waals surface area contributed by atoms with E-state index in [9.17, 15) is 0 Å². The second kappa shape index (κ2) is 4.89. The van der Waals surface area contributed by atoms with Crippen molar-refractivity contribution < 1.29 is 0 Å². The van der Waals surface area contributed by atoms with E-state index in [1.165, 1.54) is 16.7 Å². The summed E-state index contributed by atoms with van der Waals surface area (Å²) in [6.07, 6.45) is 1.71. The maximum absolute atomic E-state index is 6.05. The lowest BCUT2D eigenvalue weighted by atomic mass is 10.1. The van der Waals surface area contributed by atoms with Gasteiger partial charge in [0.25, 0.3) is 0 Å². The highest BCUT2D eigenvalue weighted by Crippen LogP contribution is 2.23. The maximum atomic E-state index is 6.05. The predicted molar refractivity (Wildman–Crippen MR) is 83.7 cm³/mol. The van der Waals surface area contributed by atoms with E-state index in [1.807, 2.05) is 12.1 Å². The quantitative estimate of drug-likeness (QED) is 0.637. The Hall–Kier alpha value is -2.49. The second-order valence-electron chi connectivity index (χ2n) is 5.13. The van der Waals surface area contributed by atoms with Gasteiger partial charge in [-0.15, -0.1) is 0 Å². The number of nitrogen functional groups attached to an aromatic ring is 1. The van der Waals surface area contributed by atoms with Gasteiger partial charge in [-0.3, -0.25) is 0 Å². The molecule has 4 N–H and O–H groups in total. The van der Waals surface area contributed by atoms with E-state index >= 15 is 0 Å². The minimum Gasteiger partial charge on any atom is -0.397 e. The van der Waals surface area contributed by atoms with Gasteiger partial charge in [-0.2, -0.15) is 0 Å². The molecule has 0 aliphatic heterocycles. The van der Waals surface area contributed by atoms with E-state index in [0.29, 0.717) is 0 Å². The van der Waals surface area contributed by atoms with Crippen molar-refractivity contribution >= 4 is 22.4 Å². The minimum atomic E-state index is 0.738. The van der Waals surface area contributed by atoms with Crippen LogP contribution in [0.2, 0.25) is 0 Å². The molecule has 0 spiro atoms. The second-order valence-corrected chi connectivity index (χ2v) is 5.13. The van der Waals surface area contributed by atoms with Crippen molar-refractivity contribution in [1.29, 1.82) is 0 Å². The van der Waals surface area contributed by atoms with Crippen LogP contribution >= 0.6 is 0 Å². The van der Waals surface area contributed by atoms with Gasteiger partial charge in [0.1, 0.15) is 0 Å². The van der Waals surface area contributed by atoms with Gasteiger partial charge < -0.3 is 16.0 Å². The number of nitrogens with zero attached hydrogens (tertiary/aromatic N) is 1. The van der Waals surface area contributed by atoms with Gasteiger partial charge >= 0.3 is 0 Å². The lowest BCUT2D eigenvalue weighted by Crippen LogP contribution is -2.03. The molecule has 0 amide bonds. The smallest absolute Gasteiger partial charge is 0.0931 e. The lowest BCUT2D eigenvalue weighted by molar-refractivity contribution is 1.15. The number of benzene rings is 2. The van der Waals surface area contributed by atoms with E-state index in [4.69, 9.17) is 5.73 Å². The molecule has 0 fully saturated rings. The molecule has 20 heavy (non-hydrogen) atoms. The van der Waals surface area contributed by atoms with Crippen LogP contribution in [0.1, 0.15) is 16.7 Å². The number of aromatic amines is 1. The Labute approximate surface area is 118 Å². The molecule has 0 aliphatic carbocycles. The Balaban J connectivity index is 1.80. The first-order valence-corrected chi connectivity index (χ1v) is 6.66. The number of aromatic nitrogens is 2. The van der Waals surface area contributed by atoms with Crippen LogP contribution < -0.4 is 11.1 Å². The fourth-order valence-electron chi connectivity index (χ4n) is 2.28. The zero-order valence-corrected chi connectivity index (χ0v) is 11.7. The molecule has 0 saturated heterocycles. The van der Waals surface area contributed by atoms with Gasteiger partial charge in [0.05, 0.1) is 28.7 Å². The first kappa shape index (κ1) is 12.5. The van der Waals surface area contributed by atoms with E-state index in [1.54, 1.807) is 6.33 Å². The maximum Gasteiger partial charge on any atom is 0.0931 e. The van der Waals surface area contributed by atoms with E-state index in [0.717, 1.165) is 29.0 Å². The SMILES string of the molecule is Cc1cc(N)c(NCc2ccc3nc[nH]c3c2)cc1C. The fourth-order valence-corrected chi connectivity index (χ4v) is 2.28. The molecular formula is C16H18N4. The van der Waals surface area contributed by atoms with Crippen molar-refractivity contribution in [2.24, 2.45) is 0 Å². The number of hydrogen-bond acceptors (Lipinski definition) is 3.